The first kappa shape index (κ1) is 16.9. The molecule has 2 unspecified atom stereocenters. The molecule has 0 aliphatic heterocycles. The van der Waals surface area contributed by atoms with Crippen molar-refractivity contribution in [1.29, 1.82) is 0 Å². The quantitative estimate of drug-likeness (QED) is 0.615. The maximum Gasteiger partial charge on any atom is 0.147 e. The first-order chi connectivity index (χ1) is 11.5. The Bertz CT molecular complexity index is 750. The van der Waals surface area contributed by atoms with Gasteiger partial charge >= 0.3 is 0 Å². The molecule has 3 heteroatoms. The highest BCUT2D eigenvalue weighted by Gasteiger charge is 2.43. The van der Waals surface area contributed by atoms with Gasteiger partial charge in [-0.1, -0.05) is 72.3 Å². The van der Waals surface area contributed by atoms with Gasteiger partial charge in [-0.15, -0.1) is 0 Å². The lowest BCUT2D eigenvalue weighted by Crippen LogP contribution is -2.36. The lowest BCUT2D eigenvalue weighted by molar-refractivity contribution is -0.120. The minimum Gasteiger partial charge on any atom is -0.313 e. The smallest absolute Gasteiger partial charge is 0.147 e. The van der Waals surface area contributed by atoms with Crippen LogP contribution in [0.25, 0.3) is 0 Å². The van der Waals surface area contributed by atoms with Crippen molar-refractivity contribution in [3.05, 3.63) is 72.3 Å². The van der Waals surface area contributed by atoms with Gasteiger partial charge in [0.1, 0.15) is 12.9 Å². The first-order valence-corrected chi connectivity index (χ1v) is 10.2. The van der Waals surface area contributed by atoms with Crippen LogP contribution in [0, 0.1) is 5.92 Å². The van der Waals surface area contributed by atoms with Crippen molar-refractivity contribution >= 4 is 23.5 Å². The molecular weight excluding hydrogens is 315 g/mol. The van der Waals surface area contributed by atoms with Crippen LogP contribution in [0.3, 0.4) is 0 Å². The number of allylic oxidation sites excluding steroid dienone is 2. The van der Waals surface area contributed by atoms with Crippen LogP contribution in [-0.2, 0) is 9.36 Å². The second-order valence-corrected chi connectivity index (χ2v) is 9.62. The molecule has 24 heavy (non-hydrogen) atoms. The molecule has 0 bridgehead atoms. The molecule has 0 aromatic heterocycles. The summed E-state index contributed by atoms with van der Waals surface area (Å²) in [6.07, 6.45) is 3.56. The Kier molecular flexibility index (Phi) is 4.87. The predicted molar refractivity (Wildman–Crippen MR) is 101 cm³/mol. The number of carbonyl (C=O) groups excluding carboxylic acids is 1. The molecule has 0 amide bonds. The Morgan fingerprint density at radius 3 is 1.92 bits per heavy atom. The summed E-state index contributed by atoms with van der Waals surface area (Å²) in [6, 6.07) is 19.3. The minimum absolute atomic E-state index is 0.138. The molecule has 0 saturated heterocycles. The Morgan fingerprint density at radius 1 is 0.958 bits per heavy atom. The second kappa shape index (κ2) is 6.91. The molecule has 2 aromatic rings. The molecule has 0 heterocycles. The number of hydrogen-bond donors (Lipinski definition) is 0. The zero-order chi connectivity index (χ0) is 17.2. The summed E-state index contributed by atoms with van der Waals surface area (Å²) in [5.41, 5.74) is 1.06. The molecule has 0 radical (unpaired) electrons. The van der Waals surface area contributed by atoms with E-state index in [4.69, 9.17) is 0 Å². The van der Waals surface area contributed by atoms with Gasteiger partial charge in [0.05, 0.1) is 0 Å². The number of Topliss-reactive ketones (excluding diaryl/α,β-unsaturated/α-hetero) is 1. The van der Waals surface area contributed by atoms with Gasteiger partial charge in [-0.05, 0) is 26.7 Å². The van der Waals surface area contributed by atoms with E-state index in [1.165, 1.54) is 5.57 Å². The minimum atomic E-state index is -2.90. The van der Waals surface area contributed by atoms with Gasteiger partial charge in [-0.25, -0.2) is 0 Å². The van der Waals surface area contributed by atoms with E-state index in [1.54, 1.807) is 6.92 Å². The van der Waals surface area contributed by atoms with Gasteiger partial charge in [-0.2, -0.15) is 0 Å². The van der Waals surface area contributed by atoms with E-state index >= 15 is 0 Å². The van der Waals surface area contributed by atoms with Crippen LogP contribution >= 0.6 is 7.14 Å². The highest BCUT2D eigenvalue weighted by Crippen LogP contribution is 2.55. The number of carbonyl (C=O) groups is 1. The molecule has 124 valence electrons. The van der Waals surface area contributed by atoms with Crippen molar-refractivity contribution in [2.24, 2.45) is 5.92 Å². The number of benzene rings is 2. The number of rotatable bonds is 4. The van der Waals surface area contributed by atoms with Gasteiger partial charge < -0.3 is 4.57 Å². The van der Waals surface area contributed by atoms with Gasteiger partial charge in [0.25, 0.3) is 0 Å². The first-order valence-electron chi connectivity index (χ1n) is 8.40. The zero-order valence-electron chi connectivity index (χ0n) is 14.2. The SMILES string of the molecule is CC(=O)C1CC(C)=CCC1P(=O)(c1ccccc1)c1ccccc1. The van der Waals surface area contributed by atoms with Crippen LogP contribution < -0.4 is 10.6 Å². The van der Waals surface area contributed by atoms with Gasteiger partial charge in [-0.3, -0.25) is 4.79 Å². The molecule has 1 aliphatic rings. The summed E-state index contributed by atoms with van der Waals surface area (Å²) in [6.45, 7) is 3.69. The van der Waals surface area contributed by atoms with Crippen molar-refractivity contribution in [3.8, 4) is 0 Å². The van der Waals surface area contributed by atoms with Crippen LogP contribution in [0.15, 0.2) is 72.3 Å². The van der Waals surface area contributed by atoms with Crippen LogP contribution in [0.1, 0.15) is 26.7 Å². The Labute approximate surface area is 144 Å². The average molecular weight is 338 g/mol. The molecule has 0 saturated carbocycles. The largest absolute Gasteiger partial charge is 0.313 e. The van der Waals surface area contributed by atoms with Crippen molar-refractivity contribution in [2.45, 2.75) is 32.3 Å². The molecule has 1 aliphatic carbocycles. The van der Waals surface area contributed by atoms with Gasteiger partial charge in [0.2, 0.25) is 0 Å². The highest BCUT2D eigenvalue weighted by atomic mass is 31.2. The lowest BCUT2D eigenvalue weighted by atomic mass is 9.86. The van der Waals surface area contributed by atoms with Crippen LogP contribution in [-0.4, -0.2) is 11.4 Å². The highest BCUT2D eigenvalue weighted by molar-refractivity contribution is 7.79. The van der Waals surface area contributed by atoms with Crippen molar-refractivity contribution in [3.63, 3.8) is 0 Å². The lowest BCUT2D eigenvalue weighted by Gasteiger charge is -2.36. The van der Waals surface area contributed by atoms with E-state index in [0.717, 1.165) is 10.6 Å². The molecular formula is C21H23O2P. The fourth-order valence-corrected chi connectivity index (χ4v) is 7.22. The van der Waals surface area contributed by atoms with Gasteiger partial charge in [0, 0.05) is 22.2 Å². The molecule has 2 atom stereocenters. The summed E-state index contributed by atoms with van der Waals surface area (Å²) in [4.78, 5) is 12.3. The second-order valence-electron chi connectivity index (χ2n) is 6.60. The van der Waals surface area contributed by atoms with Crippen LogP contribution in [0.2, 0.25) is 0 Å². The summed E-state index contributed by atoms with van der Waals surface area (Å²) >= 11 is 0. The fourth-order valence-electron chi connectivity index (χ4n) is 3.70. The molecule has 2 aromatic carbocycles. The zero-order valence-corrected chi connectivity index (χ0v) is 15.1. The van der Waals surface area contributed by atoms with Crippen molar-refractivity contribution in [1.82, 2.24) is 0 Å². The fraction of sp³-hybridized carbons (Fsp3) is 0.286. The Hall–Kier alpha value is -1.92. The predicted octanol–water partition coefficient (Wildman–Crippen LogP) is 4.31. The Morgan fingerprint density at radius 2 is 1.46 bits per heavy atom. The van der Waals surface area contributed by atoms with Crippen molar-refractivity contribution < 1.29 is 9.36 Å². The Balaban J connectivity index is 2.19. The summed E-state index contributed by atoms with van der Waals surface area (Å²) in [7, 11) is -2.90. The van der Waals surface area contributed by atoms with Crippen molar-refractivity contribution in [2.75, 3.05) is 0 Å². The third-order valence-electron chi connectivity index (χ3n) is 4.98. The maximum absolute atomic E-state index is 14.4. The van der Waals surface area contributed by atoms with E-state index in [9.17, 15) is 9.36 Å². The third kappa shape index (κ3) is 3.03. The van der Waals surface area contributed by atoms with E-state index in [2.05, 4.69) is 13.0 Å². The molecule has 3 rings (SSSR count). The topological polar surface area (TPSA) is 34.1 Å². The van der Waals surface area contributed by atoms with E-state index < -0.39 is 7.14 Å². The van der Waals surface area contributed by atoms with Crippen LogP contribution in [0.4, 0.5) is 0 Å². The van der Waals surface area contributed by atoms with E-state index in [0.29, 0.717) is 12.8 Å². The van der Waals surface area contributed by atoms with E-state index in [1.807, 2.05) is 60.7 Å². The third-order valence-corrected chi connectivity index (χ3v) is 8.62. The number of hydrogen-bond acceptors (Lipinski definition) is 2. The maximum atomic E-state index is 14.4. The summed E-state index contributed by atoms with van der Waals surface area (Å²) in [5.74, 6) is -0.0409. The summed E-state index contributed by atoms with van der Waals surface area (Å²) in [5, 5.41) is 1.70. The monoisotopic (exact) mass is 338 g/mol. The molecule has 0 spiro atoms. The van der Waals surface area contributed by atoms with E-state index in [-0.39, 0.29) is 17.4 Å². The van der Waals surface area contributed by atoms with Gasteiger partial charge in [0.15, 0.2) is 0 Å². The molecule has 0 N–H and O–H groups in total. The number of ketones is 1. The standard InChI is InChI=1S/C21H23O2P/c1-16-13-14-21(20(15-16)17(2)22)24(23,18-9-5-3-6-10-18)19-11-7-4-8-12-19/h3-13,20-21H,14-15H2,1-2H3. The normalized spacial score (nSPS) is 21.2. The molecule has 0 fully saturated rings. The molecule has 2 nitrogen and oxygen atoms in total. The summed E-state index contributed by atoms with van der Waals surface area (Å²) < 4.78 is 14.4. The van der Waals surface area contributed by atoms with Crippen LogP contribution in [0.5, 0.6) is 0 Å². The average Bonchev–Trinajstić information content (AvgIpc) is 2.62.